The zero-order valence-electron chi connectivity index (χ0n) is 11.7. The molecule has 3 heteroatoms. The van der Waals surface area contributed by atoms with Gasteiger partial charge in [0.2, 0.25) is 0 Å². The quantitative estimate of drug-likeness (QED) is 0.599. The van der Waals surface area contributed by atoms with Crippen molar-refractivity contribution < 1.29 is 15.0 Å². The number of hydrogen-bond donors (Lipinski definition) is 2. The third-order valence-electron chi connectivity index (χ3n) is 3.92. The van der Waals surface area contributed by atoms with Crippen LogP contribution in [0, 0.1) is 11.3 Å². The molecule has 102 valence electrons. The van der Waals surface area contributed by atoms with Crippen molar-refractivity contribution in [2.45, 2.75) is 52.6 Å². The normalized spacial score (nSPS) is 32.7. The number of hydrogen-bond acceptors (Lipinski definition) is 2. The Kier molecular flexibility index (Phi) is 4.38. The van der Waals surface area contributed by atoms with Crippen LogP contribution < -0.4 is 0 Å². The first-order valence-electron chi connectivity index (χ1n) is 6.47. The predicted molar refractivity (Wildman–Crippen MR) is 72.3 cm³/mol. The van der Waals surface area contributed by atoms with E-state index in [0.717, 1.165) is 19.3 Å². The monoisotopic (exact) mass is 252 g/mol. The Morgan fingerprint density at radius 1 is 1.28 bits per heavy atom. The van der Waals surface area contributed by atoms with Gasteiger partial charge in [-0.3, -0.25) is 0 Å². The van der Waals surface area contributed by atoms with Crippen LogP contribution in [0.3, 0.4) is 0 Å². The third kappa shape index (κ3) is 3.70. The third-order valence-corrected chi connectivity index (χ3v) is 3.92. The van der Waals surface area contributed by atoms with Gasteiger partial charge in [0.25, 0.3) is 0 Å². The summed E-state index contributed by atoms with van der Waals surface area (Å²) in [5.41, 5.74) is 0.0310. The molecule has 18 heavy (non-hydrogen) atoms. The fraction of sp³-hybridized carbons (Fsp3) is 0.667. The molecular weight excluding hydrogens is 228 g/mol. The van der Waals surface area contributed by atoms with Gasteiger partial charge in [-0.2, -0.15) is 0 Å². The van der Waals surface area contributed by atoms with Crippen molar-refractivity contribution in [1.82, 2.24) is 0 Å². The summed E-state index contributed by atoms with van der Waals surface area (Å²) in [6.07, 6.45) is 7.87. The van der Waals surface area contributed by atoms with E-state index in [4.69, 9.17) is 5.11 Å². The lowest BCUT2D eigenvalue weighted by molar-refractivity contribution is -0.131. The van der Waals surface area contributed by atoms with E-state index >= 15 is 0 Å². The summed E-state index contributed by atoms with van der Waals surface area (Å²) in [6, 6.07) is 0. The molecule has 0 amide bonds. The first kappa shape index (κ1) is 15.0. The second-order valence-electron chi connectivity index (χ2n) is 6.26. The van der Waals surface area contributed by atoms with Crippen LogP contribution in [0.2, 0.25) is 0 Å². The van der Waals surface area contributed by atoms with Crippen LogP contribution in [-0.4, -0.2) is 21.8 Å². The molecule has 0 aromatic carbocycles. The average molecular weight is 252 g/mol. The molecule has 1 aliphatic rings. The zero-order chi connectivity index (χ0) is 14.0. The molecule has 0 heterocycles. The number of allylic oxidation sites excluding steroid dienone is 2. The maximum Gasteiger partial charge on any atom is 0.328 e. The number of aliphatic carboxylic acids is 1. The van der Waals surface area contributed by atoms with Crippen molar-refractivity contribution in [1.29, 1.82) is 0 Å². The predicted octanol–water partition coefficient (Wildman–Crippen LogP) is 3.15. The molecule has 1 aliphatic carbocycles. The van der Waals surface area contributed by atoms with Gasteiger partial charge < -0.3 is 10.2 Å². The number of carboxylic acid groups (broad SMARTS) is 1. The van der Waals surface area contributed by atoms with E-state index in [1.165, 1.54) is 6.08 Å². The minimum atomic E-state index is -0.938. The number of carbonyl (C=O) groups is 1. The van der Waals surface area contributed by atoms with Crippen molar-refractivity contribution in [3.8, 4) is 0 Å². The van der Waals surface area contributed by atoms with Gasteiger partial charge in [0.1, 0.15) is 0 Å². The van der Waals surface area contributed by atoms with Crippen molar-refractivity contribution in [3.05, 3.63) is 23.8 Å². The highest BCUT2D eigenvalue weighted by Gasteiger charge is 2.43. The van der Waals surface area contributed by atoms with Crippen LogP contribution in [0.4, 0.5) is 0 Å². The summed E-state index contributed by atoms with van der Waals surface area (Å²) in [5.74, 6) is -0.886. The lowest BCUT2D eigenvalue weighted by Crippen LogP contribution is -2.45. The van der Waals surface area contributed by atoms with Crippen molar-refractivity contribution in [2.75, 3.05) is 0 Å². The average Bonchev–Trinajstić information content (AvgIpc) is 2.12. The fourth-order valence-electron chi connectivity index (χ4n) is 3.01. The van der Waals surface area contributed by atoms with Crippen LogP contribution in [0.5, 0.6) is 0 Å². The number of aliphatic hydroxyl groups is 1. The fourth-order valence-corrected chi connectivity index (χ4v) is 3.01. The van der Waals surface area contributed by atoms with Gasteiger partial charge in [-0.05, 0) is 37.7 Å². The molecule has 1 saturated carbocycles. The molecule has 0 aliphatic heterocycles. The first-order chi connectivity index (χ1) is 8.15. The summed E-state index contributed by atoms with van der Waals surface area (Å²) in [4.78, 5) is 10.6. The maximum absolute atomic E-state index is 10.6. The van der Waals surface area contributed by atoms with Crippen LogP contribution >= 0.6 is 0 Å². The lowest BCUT2D eigenvalue weighted by atomic mass is 9.62. The topological polar surface area (TPSA) is 57.5 Å². The highest BCUT2D eigenvalue weighted by Crippen LogP contribution is 2.46. The molecule has 0 radical (unpaired) electrons. The van der Waals surface area contributed by atoms with E-state index < -0.39 is 11.6 Å². The SMILES string of the molecule is CC(/C=C/C1C(C)(C)CCCC1(C)O)=C\C(=O)O. The molecule has 0 saturated heterocycles. The maximum atomic E-state index is 10.6. The van der Waals surface area contributed by atoms with Crippen LogP contribution in [-0.2, 0) is 4.79 Å². The molecule has 2 unspecified atom stereocenters. The standard InChI is InChI=1S/C15H24O3/c1-11(10-13(16)17)6-7-12-14(2,3)8-5-9-15(12,4)18/h6-7,10,12,18H,5,8-9H2,1-4H3,(H,16,17)/b7-6+,11-10+. The van der Waals surface area contributed by atoms with Crippen LogP contribution in [0.25, 0.3) is 0 Å². The summed E-state index contributed by atoms with van der Waals surface area (Å²) >= 11 is 0. The van der Waals surface area contributed by atoms with E-state index in [0.29, 0.717) is 5.57 Å². The highest BCUT2D eigenvalue weighted by atomic mass is 16.4. The molecule has 2 N–H and O–H groups in total. The Bertz CT molecular complexity index is 359. The van der Waals surface area contributed by atoms with Crippen molar-refractivity contribution >= 4 is 5.97 Å². The van der Waals surface area contributed by atoms with Crippen LogP contribution in [0.1, 0.15) is 47.0 Å². The van der Waals surface area contributed by atoms with Crippen molar-refractivity contribution in [3.63, 3.8) is 0 Å². The molecule has 0 bridgehead atoms. The summed E-state index contributed by atoms with van der Waals surface area (Å²) in [5, 5.41) is 19.1. The smallest absolute Gasteiger partial charge is 0.328 e. The van der Waals surface area contributed by atoms with Gasteiger partial charge in [0.05, 0.1) is 5.60 Å². The molecule has 2 atom stereocenters. The Morgan fingerprint density at radius 3 is 2.39 bits per heavy atom. The molecule has 1 fully saturated rings. The van der Waals surface area contributed by atoms with E-state index in [9.17, 15) is 9.90 Å². The zero-order valence-corrected chi connectivity index (χ0v) is 11.7. The minimum Gasteiger partial charge on any atom is -0.478 e. The van der Waals surface area contributed by atoms with E-state index in [-0.39, 0.29) is 11.3 Å². The second kappa shape index (κ2) is 5.27. The molecular formula is C15H24O3. The van der Waals surface area contributed by atoms with Gasteiger partial charge in [0.15, 0.2) is 0 Å². The highest BCUT2D eigenvalue weighted by molar-refractivity contribution is 5.81. The molecule has 0 aromatic rings. The Morgan fingerprint density at radius 2 is 1.89 bits per heavy atom. The minimum absolute atomic E-state index is 0.0434. The number of carboxylic acids is 1. The Balaban J connectivity index is 2.91. The van der Waals surface area contributed by atoms with E-state index in [1.807, 2.05) is 13.0 Å². The summed E-state index contributed by atoms with van der Waals surface area (Å²) < 4.78 is 0. The van der Waals surface area contributed by atoms with Gasteiger partial charge in [0, 0.05) is 12.0 Å². The Hall–Kier alpha value is -1.09. The second-order valence-corrected chi connectivity index (χ2v) is 6.26. The largest absolute Gasteiger partial charge is 0.478 e. The molecule has 0 spiro atoms. The van der Waals surface area contributed by atoms with Gasteiger partial charge >= 0.3 is 5.97 Å². The van der Waals surface area contributed by atoms with Crippen LogP contribution in [0.15, 0.2) is 23.8 Å². The van der Waals surface area contributed by atoms with Gasteiger partial charge in [-0.1, -0.05) is 32.4 Å². The summed E-state index contributed by atoms with van der Waals surface area (Å²) in [6.45, 7) is 7.95. The Labute approximate surface area is 109 Å². The first-order valence-corrected chi connectivity index (χ1v) is 6.47. The van der Waals surface area contributed by atoms with E-state index in [1.54, 1.807) is 13.0 Å². The molecule has 3 nitrogen and oxygen atoms in total. The molecule has 0 aromatic heterocycles. The van der Waals surface area contributed by atoms with Gasteiger partial charge in [-0.15, -0.1) is 0 Å². The van der Waals surface area contributed by atoms with Gasteiger partial charge in [-0.25, -0.2) is 4.79 Å². The van der Waals surface area contributed by atoms with Crippen molar-refractivity contribution in [2.24, 2.45) is 11.3 Å². The number of rotatable bonds is 3. The van der Waals surface area contributed by atoms with E-state index in [2.05, 4.69) is 13.8 Å². The summed E-state index contributed by atoms with van der Waals surface area (Å²) in [7, 11) is 0. The molecule has 1 rings (SSSR count). The lowest BCUT2D eigenvalue weighted by Gasteiger charge is -2.46.